The number of nitrogens with zero attached hydrogens (tertiary/aromatic N) is 3. The van der Waals surface area contributed by atoms with E-state index in [1.807, 2.05) is 0 Å². The molecule has 3 aromatic rings. The third kappa shape index (κ3) is 5.31. The average Bonchev–Trinajstić information content (AvgIpc) is 3.17. The average molecular weight is 561 g/mol. The van der Waals surface area contributed by atoms with Crippen LogP contribution in [0.25, 0.3) is 5.82 Å². The van der Waals surface area contributed by atoms with Gasteiger partial charge in [0.15, 0.2) is 22.2 Å². The lowest BCUT2D eigenvalue weighted by molar-refractivity contribution is -0.146. The highest BCUT2D eigenvalue weighted by molar-refractivity contribution is 7.71. The SMILES string of the molecule is CC(C)N(C(=O)Oc1c(C(F)(F)F)cc(C(F)(F)F)nc1-n1cc[nH]c1=S)c1ccc(F)c(Cl)c1F. The molecule has 1 aromatic carbocycles. The van der Waals surface area contributed by atoms with Crippen molar-refractivity contribution in [3.63, 3.8) is 0 Å². The van der Waals surface area contributed by atoms with Gasteiger partial charge in [-0.2, -0.15) is 26.3 Å². The predicted octanol–water partition coefficient (Wildman–Crippen LogP) is 7.31. The summed E-state index contributed by atoms with van der Waals surface area (Å²) in [5.41, 5.74) is -4.60. The number of imidazole rings is 1. The summed E-state index contributed by atoms with van der Waals surface area (Å²) in [6.45, 7) is 2.63. The van der Waals surface area contributed by atoms with Crippen LogP contribution in [0.4, 0.5) is 45.6 Å². The smallest absolute Gasteiger partial charge is 0.405 e. The second-order valence-corrected chi connectivity index (χ2v) is 8.13. The Balaban J connectivity index is 2.26. The van der Waals surface area contributed by atoms with Crippen molar-refractivity contribution in [2.45, 2.75) is 32.2 Å². The van der Waals surface area contributed by atoms with Gasteiger partial charge in [-0.15, -0.1) is 0 Å². The van der Waals surface area contributed by atoms with E-state index in [9.17, 15) is 39.9 Å². The lowest BCUT2D eigenvalue weighted by Gasteiger charge is -2.27. The summed E-state index contributed by atoms with van der Waals surface area (Å²) in [4.78, 5) is 19.1. The molecule has 6 nitrogen and oxygen atoms in total. The maximum absolute atomic E-state index is 14.6. The minimum atomic E-state index is -5.46. The van der Waals surface area contributed by atoms with Crippen molar-refractivity contribution in [3.05, 3.63) is 63.3 Å². The number of ether oxygens (including phenoxy) is 1. The molecule has 1 amide bonds. The Morgan fingerprint density at radius 3 is 2.31 bits per heavy atom. The number of rotatable bonds is 4. The first-order valence-electron chi connectivity index (χ1n) is 9.64. The summed E-state index contributed by atoms with van der Waals surface area (Å²) in [5.74, 6) is -5.14. The standard InChI is InChI=1S/C20H13ClF8N4O2S/c1-8(2)33(11-4-3-10(22)13(21)14(11)23)18(34)35-15-9(19(24,25)26)7-12(20(27,28)29)31-16(15)32-6-5-30-17(32)36/h3-8H,1-2H3,(H,30,36). The number of pyridine rings is 1. The van der Waals surface area contributed by atoms with E-state index in [-0.39, 0.29) is 10.8 Å². The van der Waals surface area contributed by atoms with E-state index in [4.69, 9.17) is 28.6 Å². The van der Waals surface area contributed by atoms with Crippen molar-refractivity contribution in [1.29, 1.82) is 0 Å². The summed E-state index contributed by atoms with van der Waals surface area (Å²) in [7, 11) is 0. The minimum Gasteiger partial charge on any atom is -0.405 e. The van der Waals surface area contributed by atoms with Gasteiger partial charge >= 0.3 is 18.4 Å². The number of amides is 1. The van der Waals surface area contributed by atoms with E-state index in [1.54, 1.807) is 0 Å². The molecule has 2 aromatic heterocycles. The number of hydrogen-bond donors (Lipinski definition) is 1. The normalized spacial score (nSPS) is 12.2. The Kier molecular flexibility index (Phi) is 7.37. The number of H-pyrrole nitrogens is 1. The van der Waals surface area contributed by atoms with Gasteiger partial charge in [0.05, 0.1) is 5.69 Å². The Hall–Kier alpha value is -3.20. The van der Waals surface area contributed by atoms with Crippen LogP contribution in [0.2, 0.25) is 5.02 Å². The van der Waals surface area contributed by atoms with E-state index >= 15 is 0 Å². The minimum absolute atomic E-state index is 0.336. The quantitative estimate of drug-likeness (QED) is 0.206. The number of carbonyl (C=O) groups excluding carboxylic acids is 1. The molecule has 0 aliphatic rings. The van der Waals surface area contributed by atoms with Crippen molar-refractivity contribution >= 4 is 35.6 Å². The first-order valence-corrected chi connectivity index (χ1v) is 10.4. The van der Waals surface area contributed by atoms with E-state index in [1.165, 1.54) is 13.8 Å². The van der Waals surface area contributed by atoms with E-state index in [0.29, 0.717) is 15.5 Å². The van der Waals surface area contributed by atoms with Gasteiger partial charge in [-0.3, -0.25) is 9.47 Å². The van der Waals surface area contributed by atoms with Crippen LogP contribution in [0.5, 0.6) is 5.75 Å². The highest BCUT2D eigenvalue weighted by Gasteiger charge is 2.43. The maximum atomic E-state index is 14.6. The van der Waals surface area contributed by atoms with Crippen molar-refractivity contribution in [3.8, 4) is 11.6 Å². The second kappa shape index (κ2) is 9.69. The largest absolute Gasteiger partial charge is 0.433 e. The van der Waals surface area contributed by atoms with Crippen molar-refractivity contribution < 1.29 is 44.7 Å². The zero-order valence-electron chi connectivity index (χ0n) is 17.9. The number of halogens is 9. The molecule has 1 N–H and O–H groups in total. The van der Waals surface area contributed by atoms with Crippen LogP contribution in [0.3, 0.4) is 0 Å². The molecule has 16 heteroatoms. The summed E-state index contributed by atoms with van der Waals surface area (Å²) in [6, 6.07) is 0.159. The van der Waals surface area contributed by atoms with Gasteiger partial charge in [-0.05, 0) is 44.3 Å². The number of carbonyl (C=O) groups is 1. The van der Waals surface area contributed by atoms with Crippen molar-refractivity contribution in [2.75, 3.05) is 4.90 Å². The molecule has 0 spiro atoms. The molecule has 3 rings (SSSR count). The summed E-state index contributed by atoms with van der Waals surface area (Å²) in [5, 5.41) is -1.00. The molecule has 0 radical (unpaired) electrons. The Morgan fingerprint density at radius 1 is 1.17 bits per heavy atom. The fourth-order valence-electron chi connectivity index (χ4n) is 3.05. The lowest BCUT2D eigenvalue weighted by Crippen LogP contribution is -2.40. The molecule has 2 heterocycles. The zero-order chi connectivity index (χ0) is 27.2. The van der Waals surface area contributed by atoms with Crippen molar-refractivity contribution in [2.24, 2.45) is 0 Å². The molecule has 0 fully saturated rings. The Bertz CT molecular complexity index is 1370. The number of aromatic nitrogens is 3. The third-order valence-corrected chi connectivity index (χ3v) is 5.27. The number of nitrogens with one attached hydrogen (secondary N) is 1. The molecule has 194 valence electrons. The second-order valence-electron chi connectivity index (χ2n) is 7.36. The number of aromatic amines is 1. The van der Waals surface area contributed by atoms with Gasteiger partial charge in [0, 0.05) is 18.4 Å². The molecule has 36 heavy (non-hydrogen) atoms. The van der Waals surface area contributed by atoms with Crippen LogP contribution < -0.4 is 9.64 Å². The van der Waals surface area contributed by atoms with Crippen LogP contribution >= 0.6 is 23.8 Å². The first-order chi connectivity index (χ1) is 16.5. The molecule has 0 saturated heterocycles. The van der Waals surface area contributed by atoms with E-state index in [2.05, 4.69) is 9.97 Å². The summed E-state index contributed by atoms with van der Waals surface area (Å²) in [6.07, 6.45) is -10.4. The topological polar surface area (TPSA) is 63.2 Å². The highest BCUT2D eigenvalue weighted by atomic mass is 35.5. The number of alkyl halides is 6. The number of benzene rings is 1. The van der Waals surface area contributed by atoms with Gasteiger partial charge in [0.2, 0.25) is 0 Å². The van der Waals surface area contributed by atoms with Crippen LogP contribution in [0, 0.1) is 16.4 Å². The number of anilines is 1. The van der Waals surface area contributed by atoms with Crippen LogP contribution in [0.1, 0.15) is 25.1 Å². The summed E-state index contributed by atoms with van der Waals surface area (Å²) < 4.78 is 115. The van der Waals surface area contributed by atoms with Gasteiger partial charge < -0.3 is 9.72 Å². The zero-order valence-corrected chi connectivity index (χ0v) is 19.5. The van der Waals surface area contributed by atoms with Gasteiger partial charge in [0.25, 0.3) is 0 Å². The van der Waals surface area contributed by atoms with Crippen LogP contribution in [0.15, 0.2) is 30.6 Å². The molecular formula is C20H13ClF8N4O2S. The van der Waals surface area contributed by atoms with Crippen LogP contribution in [-0.4, -0.2) is 26.7 Å². The lowest BCUT2D eigenvalue weighted by atomic mass is 10.1. The Morgan fingerprint density at radius 2 is 1.81 bits per heavy atom. The molecule has 0 aliphatic heterocycles. The highest BCUT2D eigenvalue weighted by Crippen LogP contribution is 2.43. The van der Waals surface area contributed by atoms with Gasteiger partial charge in [-0.25, -0.2) is 18.6 Å². The monoisotopic (exact) mass is 560 g/mol. The van der Waals surface area contributed by atoms with Crippen LogP contribution in [-0.2, 0) is 12.4 Å². The molecule has 0 atom stereocenters. The Labute approximate surface area is 207 Å². The van der Waals surface area contributed by atoms with Crippen molar-refractivity contribution in [1.82, 2.24) is 14.5 Å². The van der Waals surface area contributed by atoms with Gasteiger partial charge in [0.1, 0.15) is 22.1 Å². The third-order valence-electron chi connectivity index (χ3n) is 4.61. The molecule has 0 unspecified atom stereocenters. The van der Waals surface area contributed by atoms with Gasteiger partial charge in [-0.1, -0.05) is 11.6 Å². The molecule has 0 saturated carbocycles. The molecular weight excluding hydrogens is 548 g/mol. The van der Waals surface area contributed by atoms with E-state index in [0.717, 1.165) is 18.5 Å². The predicted molar refractivity (Wildman–Crippen MR) is 114 cm³/mol. The fourth-order valence-corrected chi connectivity index (χ4v) is 3.43. The molecule has 0 bridgehead atoms. The first kappa shape index (κ1) is 27.4. The fraction of sp³-hybridized carbons (Fsp3) is 0.250. The number of hydrogen-bond acceptors (Lipinski definition) is 4. The maximum Gasteiger partial charge on any atom is 0.433 e. The molecule has 0 aliphatic carbocycles. The van der Waals surface area contributed by atoms with E-state index < -0.39 is 69.7 Å². The summed E-state index contributed by atoms with van der Waals surface area (Å²) >= 11 is 10.4.